The minimum Gasteiger partial charge on any atom is -0.328 e. The molecule has 0 saturated heterocycles. The van der Waals surface area contributed by atoms with Crippen molar-refractivity contribution in [2.45, 2.75) is 5.33 Å². The van der Waals surface area contributed by atoms with Crippen LogP contribution in [-0.4, -0.2) is 16.4 Å². The standard InChI is InChI=1S/C13H11BrFN3S/c1-17(10-4-2-9(15)3-5-10)12-11(8-14)18-6-7-19-13(18)16-12/h2-7H,8H2,1H3. The number of benzene rings is 1. The third-order valence-corrected chi connectivity index (χ3v) is 4.29. The first kappa shape index (κ1) is 12.6. The number of aromatic nitrogens is 2. The maximum atomic E-state index is 13.0. The molecule has 0 unspecified atom stereocenters. The molecule has 3 aromatic rings. The van der Waals surface area contributed by atoms with Gasteiger partial charge in [-0.3, -0.25) is 4.40 Å². The first-order valence-electron chi connectivity index (χ1n) is 5.70. The number of imidazole rings is 1. The van der Waals surface area contributed by atoms with Crippen molar-refractivity contribution >= 4 is 43.7 Å². The van der Waals surface area contributed by atoms with Crippen molar-refractivity contribution in [1.82, 2.24) is 9.38 Å². The van der Waals surface area contributed by atoms with E-state index in [0.717, 1.165) is 22.2 Å². The summed E-state index contributed by atoms with van der Waals surface area (Å²) in [5, 5.41) is 2.72. The summed E-state index contributed by atoms with van der Waals surface area (Å²) in [6.07, 6.45) is 2.01. The fraction of sp³-hybridized carbons (Fsp3) is 0.154. The van der Waals surface area contributed by atoms with E-state index in [9.17, 15) is 4.39 Å². The molecule has 1 aromatic carbocycles. The number of nitrogens with zero attached hydrogens (tertiary/aromatic N) is 3. The Balaban J connectivity index is 2.07. The molecular formula is C13H11BrFN3S. The van der Waals surface area contributed by atoms with E-state index in [4.69, 9.17) is 0 Å². The van der Waals surface area contributed by atoms with Crippen LogP contribution in [-0.2, 0) is 5.33 Å². The number of halogens is 2. The second kappa shape index (κ2) is 4.94. The van der Waals surface area contributed by atoms with Gasteiger partial charge in [-0.2, -0.15) is 0 Å². The van der Waals surface area contributed by atoms with Crippen LogP contribution in [0.15, 0.2) is 35.8 Å². The molecule has 3 rings (SSSR count). The molecule has 98 valence electrons. The van der Waals surface area contributed by atoms with Crippen LogP contribution < -0.4 is 4.90 Å². The van der Waals surface area contributed by atoms with E-state index in [1.807, 2.05) is 23.5 Å². The lowest BCUT2D eigenvalue weighted by molar-refractivity contribution is 0.628. The quantitative estimate of drug-likeness (QED) is 0.666. The largest absolute Gasteiger partial charge is 0.328 e. The highest BCUT2D eigenvalue weighted by Gasteiger charge is 2.16. The molecule has 0 amide bonds. The average Bonchev–Trinajstić information content (AvgIpc) is 2.98. The predicted octanol–water partition coefficient (Wildman–Crippen LogP) is 4.20. The van der Waals surface area contributed by atoms with Crippen molar-refractivity contribution in [2.75, 3.05) is 11.9 Å². The zero-order chi connectivity index (χ0) is 13.4. The number of hydrogen-bond acceptors (Lipinski definition) is 3. The first-order chi connectivity index (χ1) is 9.20. The highest BCUT2D eigenvalue weighted by Crippen LogP contribution is 2.30. The highest BCUT2D eigenvalue weighted by atomic mass is 79.9. The average molecular weight is 340 g/mol. The van der Waals surface area contributed by atoms with Crippen LogP contribution in [0.5, 0.6) is 0 Å². The molecule has 0 N–H and O–H groups in total. The molecule has 0 atom stereocenters. The van der Waals surface area contributed by atoms with Gasteiger partial charge in [-0.25, -0.2) is 9.37 Å². The molecule has 2 heterocycles. The van der Waals surface area contributed by atoms with E-state index in [1.165, 1.54) is 12.1 Å². The first-order valence-corrected chi connectivity index (χ1v) is 7.70. The zero-order valence-electron chi connectivity index (χ0n) is 10.2. The van der Waals surface area contributed by atoms with Gasteiger partial charge >= 0.3 is 0 Å². The van der Waals surface area contributed by atoms with Gasteiger partial charge in [-0.15, -0.1) is 11.3 Å². The van der Waals surface area contributed by atoms with Crippen LogP contribution in [0.25, 0.3) is 4.96 Å². The Bertz CT molecular complexity index is 704. The third-order valence-electron chi connectivity index (χ3n) is 3.00. The SMILES string of the molecule is CN(c1ccc(F)cc1)c1nc2sccn2c1CBr. The molecule has 0 saturated carbocycles. The van der Waals surface area contributed by atoms with E-state index in [-0.39, 0.29) is 5.82 Å². The van der Waals surface area contributed by atoms with Crippen LogP contribution in [0.3, 0.4) is 0 Å². The number of alkyl halides is 1. The summed E-state index contributed by atoms with van der Waals surface area (Å²) in [5.74, 6) is 0.652. The van der Waals surface area contributed by atoms with Gasteiger partial charge in [0.1, 0.15) is 5.82 Å². The van der Waals surface area contributed by atoms with Crippen molar-refractivity contribution in [3.05, 3.63) is 47.4 Å². The van der Waals surface area contributed by atoms with Gasteiger partial charge in [0, 0.05) is 29.6 Å². The van der Waals surface area contributed by atoms with E-state index in [0.29, 0.717) is 5.33 Å². The Hall–Kier alpha value is -1.40. The summed E-state index contributed by atoms with van der Waals surface area (Å²) in [4.78, 5) is 7.55. The summed E-state index contributed by atoms with van der Waals surface area (Å²) in [6.45, 7) is 0. The Labute approximate surface area is 122 Å². The lowest BCUT2D eigenvalue weighted by Crippen LogP contribution is -2.11. The Morgan fingerprint density at radius 2 is 2.11 bits per heavy atom. The van der Waals surface area contributed by atoms with Crippen LogP contribution in [0.4, 0.5) is 15.9 Å². The fourth-order valence-corrected chi connectivity index (χ4v) is 3.25. The summed E-state index contributed by atoms with van der Waals surface area (Å²) < 4.78 is 15.0. The third kappa shape index (κ3) is 2.15. The van der Waals surface area contributed by atoms with Crippen LogP contribution in [0.2, 0.25) is 0 Å². The van der Waals surface area contributed by atoms with Gasteiger partial charge in [-0.05, 0) is 24.3 Å². The van der Waals surface area contributed by atoms with Gasteiger partial charge in [0.2, 0.25) is 0 Å². The molecule has 0 aliphatic heterocycles. The van der Waals surface area contributed by atoms with Crippen LogP contribution in [0.1, 0.15) is 5.69 Å². The number of fused-ring (bicyclic) bond motifs is 1. The van der Waals surface area contributed by atoms with Crippen molar-refractivity contribution in [3.63, 3.8) is 0 Å². The maximum Gasteiger partial charge on any atom is 0.195 e. The summed E-state index contributed by atoms with van der Waals surface area (Å²) >= 11 is 5.10. The minimum atomic E-state index is -0.233. The van der Waals surface area contributed by atoms with Gasteiger partial charge < -0.3 is 4.90 Å². The predicted molar refractivity (Wildman–Crippen MR) is 80.2 cm³/mol. The molecule has 0 bridgehead atoms. The highest BCUT2D eigenvalue weighted by molar-refractivity contribution is 9.08. The summed E-state index contributed by atoms with van der Waals surface area (Å²) in [5.41, 5.74) is 2.00. The van der Waals surface area contributed by atoms with Gasteiger partial charge in [0.15, 0.2) is 10.8 Å². The molecular weight excluding hydrogens is 329 g/mol. The molecule has 0 spiro atoms. The molecule has 6 heteroatoms. The zero-order valence-corrected chi connectivity index (χ0v) is 12.6. The van der Waals surface area contributed by atoms with Crippen LogP contribution in [0, 0.1) is 5.82 Å². The molecule has 2 aromatic heterocycles. The topological polar surface area (TPSA) is 20.5 Å². The van der Waals surface area contributed by atoms with Crippen molar-refractivity contribution in [3.8, 4) is 0 Å². The normalized spacial score (nSPS) is 11.1. The summed E-state index contributed by atoms with van der Waals surface area (Å²) in [6, 6.07) is 6.41. The number of hydrogen-bond donors (Lipinski definition) is 0. The lowest BCUT2D eigenvalue weighted by Gasteiger charge is -2.18. The monoisotopic (exact) mass is 339 g/mol. The number of thiazole rings is 1. The van der Waals surface area contributed by atoms with E-state index >= 15 is 0 Å². The Morgan fingerprint density at radius 1 is 1.37 bits per heavy atom. The number of rotatable bonds is 3. The van der Waals surface area contributed by atoms with Crippen molar-refractivity contribution < 1.29 is 4.39 Å². The second-order valence-electron chi connectivity index (χ2n) is 4.11. The molecule has 19 heavy (non-hydrogen) atoms. The fourth-order valence-electron chi connectivity index (χ4n) is 2.00. The van der Waals surface area contributed by atoms with Crippen LogP contribution >= 0.6 is 27.3 Å². The molecule has 0 fully saturated rings. The Kier molecular flexibility index (Phi) is 3.28. The smallest absolute Gasteiger partial charge is 0.195 e. The molecule has 0 aliphatic carbocycles. The Morgan fingerprint density at radius 3 is 2.79 bits per heavy atom. The van der Waals surface area contributed by atoms with E-state index in [1.54, 1.807) is 23.5 Å². The van der Waals surface area contributed by atoms with Gasteiger partial charge in [-0.1, -0.05) is 15.9 Å². The molecule has 3 nitrogen and oxygen atoms in total. The second-order valence-corrected chi connectivity index (χ2v) is 5.54. The lowest BCUT2D eigenvalue weighted by atomic mass is 10.3. The maximum absolute atomic E-state index is 13.0. The molecule has 0 radical (unpaired) electrons. The van der Waals surface area contributed by atoms with E-state index < -0.39 is 0 Å². The number of anilines is 2. The van der Waals surface area contributed by atoms with Gasteiger partial charge in [0.05, 0.1) is 5.69 Å². The van der Waals surface area contributed by atoms with Crippen molar-refractivity contribution in [1.29, 1.82) is 0 Å². The summed E-state index contributed by atoms with van der Waals surface area (Å²) in [7, 11) is 1.94. The van der Waals surface area contributed by atoms with Gasteiger partial charge in [0.25, 0.3) is 0 Å². The van der Waals surface area contributed by atoms with E-state index in [2.05, 4.69) is 25.3 Å². The molecule has 0 aliphatic rings. The van der Waals surface area contributed by atoms with Crippen molar-refractivity contribution in [2.24, 2.45) is 0 Å². The minimum absolute atomic E-state index is 0.233.